The van der Waals surface area contributed by atoms with E-state index in [9.17, 15) is 0 Å². The summed E-state index contributed by atoms with van der Waals surface area (Å²) in [5, 5.41) is 12.5. The molecule has 0 bridgehead atoms. The number of rotatable bonds is 2. The number of nitrogens with one attached hydrogen (secondary N) is 1. The lowest BCUT2D eigenvalue weighted by atomic mass is 10.3. The first-order valence-electron chi connectivity index (χ1n) is 4.77. The maximum atomic E-state index is 8.64. The normalized spacial score (nSPS) is 9.71. The van der Waals surface area contributed by atoms with Gasteiger partial charge in [0.25, 0.3) is 0 Å². The Morgan fingerprint density at radius 2 is 2.12 bits per heavy atom. The van der Waals surface area contributed by atoms with Crippen LogP contribution in [0.2, 0.25) is 5.02 Å². The molecule has 0 amide bonds. The molecule has 0 spiro atoms. The van der Waals surface area contributed by atoms with Crippen molar-refractivity contribution in [1.29, 1.82) is 5.26 Å². The van der Waals surface area contributed by atoms with E-state index in [-0.39, 0.29) is 0 Å². The van der Waals surface area contributed by atoms with Crippen molar-refractivity contribution in [2.45, 2.75) is 0 Å². The first kappa shape index (κ1) is 11.9. The van der Waals surface area contributed by atoms with Crippen LogP contribution in [-0.4, -0.2) is 4.98 Å². The van der Waals surface area contributed by atoms with Crippen molar-refractivity contribution in [2.75, 3.05) is 5.32 Å². The Bertz CT molecular complexity index is 575. The summed E-state index contributed by atoms with van der Waals surface area (Å²) in [6.07, 6.45) is 1.60. The Labute approximate surface area is 112 Å². The van der Waals surface area contributed by atoms with Gasteiger partial charge in [-0.3, -0.25) is 0 Å². The van der Waals surface area contributed by atoms with Gasteiger partial charge in [0.2, 0.25) is 0 Å². The van der Waals surface area contributed by atoms with E-state index in [0.717, 1.165) is 15.8 Å². The van der Waals surface area contributed by atoms with Gasteiger partial charge in [0.05, 0.1) is 17.6 Å². The van der Waals surface area contributed by atoms with Gasteiger partial charge in [-0.15, -0.1) is 0 Å². The maximum Gasteiger partial charge on any atom is 0.140 e. The Kier molecular flexibility index (Phi) is 3.62. The number of aromatic nitrogens is 1. The van der Waals surface area contributed by atoms with Crippen molar-refractivity contribution in [2.24, 2.45) is 0 Å². The van der Waals surface area contributed by atoms with Gasteiger partial charge >= 0.3 is 0 Å². The van der Waals surface area contributed by atoms with Gasteiger partial charge in [-0.05, 0) is 46.3 Å². The number of anilines is 2. The topological polar surface area (TPSA) is 48.7 Å². The fraction of sp³-hybridized carbons (Fsp3) is 0. The molecule has 0 atom stereocenters. The number of nitriles is 1. The van der Waals surface area contributed by atoms with E-state index >= 15 is 0 Å². The van der Waals surface area contributed by atoms with Crippen LogP contribution < -0.4 is 5.32 Å². The van der Waals surface area contributed by atoms with Crippen LogP contribution in [0.25, 0.3) is 0 Å². The Morgan fingerprint density at radius 1 is 1.29 bits per heavy atom. The minimum absolute atomic E-state index is 0.390. The monoisotopic (exact) mass is 307 g/mol. The molecular weight excluding hydrogens is 302 g/mol. The Hall–Kier alpha value is -1.57. The van der Waals surface area contributed by atoms with E-state index in [1.165, 1.54) is 0 Å². The molecule has 0 aliphatic rings. The maximum absolute atomic E-state index is 8.64. The summed E-state index contributed by atoms with van der Waals surface area (Å²) in [6.45, 7) is 0. The molecule has 0 saturated carbocycles. The van der Waals surface area contributed by atoms with Crippen molar-refractivity contribution >= 4 is 38.9 Å². The van der Waals surface area contributed by atoms with Crippen LogP contribution in [0, 0.1) is 11.3 Å². The first-order valence-corrected chi connectivity index (χ1v) is 5.94. The van der Waals surface area contributed by atoms with Crippen LogP contribution in [-0.2, 0) is 0 Å². The Balaban J connectivity index is 2.25. The highest BCUT2D eigenvalue weighted by atomic mass is 79.9. The quantitative estimate of drug-likeness (QED) is 0.908. The average Bonchev–Trinajstić information content (AvgIpc) is 2.35. The highest BCUT2D eigenvalue weighted by Crippen LogP contribution is 2.28. The fourth-order valence-electron chi connectivity index (χ4n) is 1.28. The highest BCUT2D eigenvalue weighted by molar-refractivity contribution is 9.10. The van der Waals surface area contributed by atoms with Crippen molar-refractivity contribution in [3.05, 3.63) is 51.7 Å². The summed E-state index contributed by atoms with van der Waals surface area (Å²) in [5.74, 6) is 0. The van der Waals surface area contributed by atoms with E-state index in [4.69, 9.17) is 16.9 Å². The summed E-state index contributed by atoms with van der Waals surface area (Å²) >= 11 is 9.33. The number of halogens is 2. The second-order valence-corrected chi connectivity index (χ2v) is 4.58. The van der Waals surface area contributed by atoms with Crippen molar-refractivity contribution in [3.8, 4) is 6.07 Å². The van der Waals surface area contributed by atoms with Crippen LogP contribution in [0.4, 0.5) is 11.4 Å². The van der Waals surface area contributed by atoms with Gasteiger partial charge in [-0.2, -0.15) is 5.26 Å². The molecule has 1 aromatic carbocycles. The van der Waals surface area contributed by atoms with Crippen molar-refractivity contribution < 1.29 is 0 Å². The predicted molar refractivity (Wildman–Crippen MR) is 71.4 cm³/mol. The van der Waals surface area contributed by atoms with Crippen LogP contribution in [0.15, 0.2) is 41.0 Å². The molecule has 0 radical (unpaired) electrons. The lowest BCUT2D eigenvalue weighted by Gasteiger charge is -2.08. The third kappa shape index (κ3) is 2.96. The van der Waals surface area contributed by atoms with Gasteiger partial charge in [0.15, 0.2) is 0 Å². The van der Waals surface area contributed by atoms with Crippen molar-refractivity contribution in [1.82, 2.24) is 4.98 Å². The molecule has 0 unspecified atom stereocenters. The smallest absolute Gasteiger partial charge is 0.140 e. The lowest BCUT2D eigenvalue weighted by molar-refractivity contribution is 1.26. The molecule has 0 aliphatic heterocycles. The third-order valence-electron chi connectivity index (χ3n) is 2.09. The minimum atomic E-state index is 0.390. The molecule has 0 saturated heterocycles. The zero-order chi connectivity index (χ0) is 12.3. The lowest BCUT2D eigenvalue weighted by Crippen LogP contribution is -1.93. The zero-order valence-electron chi connectivity index (χ0n) is 8.61. The summed E-state index contributed by atoms with van der Waals surface area (Å²) in [7, 11) is 0. The van der Waals surface area contributed by atoms with E-state index in [1.807, 2.05) is 18.2 Å². The summed E-state index contributed by atoms with van der Waals surface area (Å²) in [4.78, 5) is 3.97. The van der Waals surface area contributed by atoms with Crippen molar-refractivity contribution in [3.63, 3.8) is 0 Å². The van der Waals surface area contributed by atoms with Gasteiger partial charge in [-0.1, -0.05) is 11.6 Å². The molecule has 17 heavy (non-hydrogen) atoms. The molecule has 0 aliphatic carbocycles. The Morgan fingerprint density at radius 3 is 2.76 bits per heavy atom. The second-order valence-electron chi connectivity index (χ2n) is 3.29. The average molecular weight is 309 g/mol. The van der Waals surface area contributed by atoms with E-state index < -0.39 is 0 Å². The molecule has 84 valence electrons. The highest BCUT2D eigenvalue weighted by Gasteiger charge is 2.02. The molecule has 1 aromatic heterocycles. The SMILES string of the molecule is N#Cc1ccc(Nc2cc(Cl)ccc2Br)cn1. The van der Waals surface area contributed by atoms with Gasteiger partial charge in [0, 0.05) is 9.50 Å². The van der Waals surface area contributed by atoms with Gasteiger partial charge in [0.1, 0.15) is 11.8 Å². The van der Waals surface area contributed by atoms with Crippen LogP contribution in [0.5, 0.6) is 0 Å². The molecule has 0 fully saturated rings. The molecule has 5 heteroatoms. The minimum Gasteiger partial charge on any atom is -0.353 e. The van der Waals surface area contributed by atoms with Crippen LogP contribution >= 0.6 is 27.5 Å². The molecule has 3 nitrogen and oxygen atoms in total. The number of hydrogen-bond acceptors (Lipinski definition) is 3. The zero-order valence-corrected chi connectivity index (χ0v) is 11.0. The number of pyridine rings is 1. The van der Waals surface area contributed by atoms with E-state index in [1.54, 1.807) is 24.4 Å². The van der Waals surface area contributed by atoms with E-state index in [2.05, 4.69) is 26.2 Å². The second kappa shape index (κ2) is 5.17. The standard InChI is InChI=1S/C12H7BrClN3/c13-11-4-1-8(14)5-12(11)17-10-3-2-9(6-15)16-7-10/h1-5,7,17H. The number of hydrogen-bond donors (Lipinski definition) is 1. The molecule has 2 aromatic rings. The summed E-state index contributed by atoms with van der Waals surface area (Å²) in [6, 6.07) is 10.9. The molecular formula is C12H7BrClN3. The van der Waals surface area contributed by atoms with Crippen LogP contribution in [0.3, 0.4) is 0 Å². The number of benzene rings is 1. The number of nitrogens with zero attached hydrogens (tertiary/aromatic N) is 2. The van der Waals surface area contributed by atoms with E-state index in [0.29, 0.717) is 10.7 Å². The molecule has 2 rings (SSSR count). The van der Waals surface area contributed by atoms with Gasteiger partial charge in [-0.25, -0.2) is 4.98 Å². The van der Waals surface area contributed by atoms with Crippen LogP contribution in [0.1, 0.15) is 5.69 Å². The molecule has 1 heterocycles. The molecule has 1 N–H and O–H groups in total. The summed E-state index contributed by atoms with van der Waals surface area (Å²) in [5.41, 5.74) is 2.04. The summed E-state index contributed by atoms with van der Waals surface area (Å²) < 4.78 is 0.909. The first-order chi connectivity index (χ1) is 8.19. The van der Waals surface area contributed by atoms with Gasteiger partial charge < -0.3 is 5.32 Å². The fourth-order valence-corrected chi connectivity index (χ4v) is 1.80. The largest absolute Gasteiger partial charge is 0.353 e. The third-order valence-corrected chi connectivity index (χ3v) is 3.01. The predicted octanol–water partition coefficient (Wildman–Crippen LogP) is 4.11.